The molecule has 0 unspecified atom stereocenters. The van der Waals surface area contributed by atoms with Gasteiger partial charge in [0.25, 0.3) is 0 Å². The van der Waals surface area contributed by atoms with Gasteiger partial charge in [0.05, 0.1) is 11.1 Å². The second kappa shape index (κ2) is 6.74. The number of hydrogen-bond donors (Lipinski definition) is 0. The Balaban J connectivity index is 2.07. The van der Waals surface area contributed by atoms with Gasteiger partial charge in [-0.2, -0.15) is 9.40 Å². The Morgan fingerprint density at radius 2 is 1.69 bits per heavy atom. The third-order valence-electron chi connectivity index (χ3n) is 4.76. The number of fused-ring (bicyclic) bond motifs is 1. The molecule has 3 rings (SSSR count). The summed E-state index contributed by atoms with van der Waals surface area (Å²) < 4.78 is 29.6. The van der Waals surface area contributed by atoms with Gasteiger partial charge >= 0.3 is 0 Å². The fourth-order valence-corrected chi connectivity index (χ4v) is 4.42. The summed E-state index contributed by atoms with van der Waals surface area (Å²) >= 11 is 0. The SMILES string of the molecule is Cc1c(CN(C)S(=O)(=O)c2cccc3c(N(C)C)cccc23)cnn1C. The van der Waals surface area contributed by atoms with E-state index >= 15 is 0 Å². The smallest absolute Gasteiger partial charge is 0.243 e. The van der Waals surface area contributed by atoms with Gasteiger partial charge < -0.3 is 4.90 Å². The molecule has 0 N–H and O–H groups in total. The number of sulfonamides is 1. The highest BCUT2D eigenvalue weighted by atomic mass is 32.2. The van der Waals surface area contributed by atoms with Crippen molar-refractivity contribution < 1.29 is 8.42 Å². The van der Waals surface area contributed by atoms with Crippen LogP contribution < -0.4 is 4.90 Å². The number of aryl methyl sites for hydroxylation is 1. The fraction of sp³-hybridized carbons (Fsp3) is 0.316. The summed E-state index contributed by atoms with van der Waals surface area (Å²) in [5, 5.41) is 5.85. The largest absolute Gasteiger partial charge is 0.377 e. The van der Waals surface area contributed by atoms with E-state index in [2.05, 4.69) is 5.10 Å². The lowest BCUT2D eigenvalue weighted by Crippen LogP contribution is -2.27. The lowest BCUT2D eigenvalue weighted by Gasteiger charge is -2.20. The van der Waals surface area contributed by atoms with E-state index < -0.39 is 10.0 Å². The Kier molecular flexibility index (Phi) is 4.77. The number of nitrogens with zero attached hydrogens (tertiary/aromatic N) is 4. The minimum Gasteiger partial charge on any atom is -0.377 e. The molecule has 7 heteroatoms. The molecule has 1 heterocycles. The molecule has 26 heavy (non-hydrogen) atoms. The zero-order valence-electron chi connectivity index (χ0n) is 15.8. The Labute approximate surface area is 154 Å². The van der Waals surface area contributed by atoms with E-state index in [0.717, 1.165) is 27.7 Å². The van der Waals surface area contributed by atoms with Crippen molar-refractivity contribution in [2.75, 3.05) is 26.0 Å². The average Bonchev–Trinajstić information content (AvgIpc) is 2.92. The maximum atomic E-state index is 13.2. The Hall–Kier alpha value is -2.38. The lowest BCUT2D eigenvalue weighted by molar-refractivity contribution is 0.466. The molecule has 6 nitrogen and oxygen atoms in total. The van der Waals surface area contributed by atoms with Crippen molar-refractivity contribution in [1.29, 1.82) is 0 Å². The highest BCUT2D eigenvalue weighted by molar-refractivity contribution is 7.89. The molecule has 2 aromatic carbocycles. The molecule has 0 aliphatic heterocycles. The van der Waals surface area contributed by atoms with Crippen molar-refractivity contribution in [1.82, 2.24) is 14.1 Å². The van der Waals surface area contributed by atoms with Crippen molar-refractivity contribution in [3.05, 3.63) is 53.9 Å². The van der Waals surface area contributed by atoms with Gasteiger partial charge in [-0.15, -0.1) is 0 Å². The van der Waals surface area contributed by atoms with Crippen LogP contribution in [0.5, 0.6) is 0 Å². The van der Waals surface area contributed by atoms with E-state index in [9.17, 15) is 8.42 Å². The Morgan fingerprint density at radius 1 is 1.04 bits per heavy atom. The van der Waals surface area contributed by atoms with Gasteiger partial charge in [0.1, 0.15) is 0 Å². The number of benzene rings is 2. The first-order valence-electron chi connectivity index (χ1n) is 8.36. The van der Waals surface area contributed by atoms with E-state index in [0.29, 0.717) is 4.90 Å². The number of anilines is 1. The van der Waals surface area contributed by atoms with Gasteiger partial charge in [-0.05, 0) is 19.1 Å². The Morgan fingerprint density at radius 3 is 2.31 bits per heavy atom. The summed E-state index contributed by atoms with van der Waals surface area (Å²) in [6, 6.07) is 11.2. The molecular weight excluding hydrogens is 348 g/mol. The van der Waals surface area contributed by atoms with Gasteiger partial charge in [0.15, 0.2) is 0 Å². The highest BCUT2D eigenvalue weighted by Gasteiger charge is 2.24. The third kappa shape index (κ3) is 3.08. The van der Waals surface area contributed by atoms with E-state index in [1.165, 1.54) is 4.31 Å². The van der Waals surface area contributed by atoms with Crippen molar-refractivity contribution in [3.63, 3.8) is 0 Å². The van der Waals surface area contributed by atoms with Crippen molar-refractivity contribution in [3.8, 4) is 0 Å². The molecule has 0 fully saturated rings. The second-order valence-electron chi connectivity index (χ2n) is 6.66. The van der Waals surface area contributed by atoms with Crippen molar-refractivity contribution in [2.24, 2.45) is 7.05 Å². The van der Waals surface area contributed by atoms with Gasteiger partial charge in [-0.25, -0.2) is 8.42 Å². The van der Waals surface area contributed by atoms with Crippen LogP contribution in [0.15, 0.2) is 47.5 Å². The maximum Gasteiger partial charge on any atom is 0.243 e. The molecule has 1 aromatic heterocycles. The van der Waals surface area contributed by atoms with Gasteiger partial charge in [-0.1, -0.05) is 24.3 Å². The van der Waals surface area contributed by atoms with Crippen LogP contribution in [0.3, 0.4) is 0 Å². The fourth-order valence-electron chi connectivity index (χ4n) is 3.07. The van der Waals surface area contributed by atoms with E-state index in [4.69, 9.17) is 0 Å². The minimum absolute atomic E-state index is 0.283. The molecule has 0 spiro atoms. The predicted octanol–water partition coefficient (Wildman–Crippen LogP) is 2.77. The molecule has 0 aliphatic rings. The van der Waals surface area contributed by atoms with Crippen LogP contribution in [-0.2, 0) is 23.6 Å². The number of rotatable bonds is 5. The van der Waals surface area contributed by atoms with Gasteiger partial charge in [0, 0.05) is 62.5 Å². The van der Waals surface area contributed by atoms with E-state index in [1.54, 1.807) is 30.1 Å². The normalized spacial score (nSPS) is 12.1. The maximum absolute atomic E-state index is 13.2. The molecule has 0 atom stereocenters. The zero-order valence-corrected chi connectivity index (χ0v) is 16.6. The van der Waals surface area contributed by atoms with Crippen molar-refractivity contribution in [2.45, 2.75) is 18.4 Å². The second-order valence-corrected chi connectivity index (χ2v) is 8.68. The summed E-state index contributed by atoms with van der Waals surface area (Å²) in [5.74, 6) is 0. The monoisotopic (exact) mass is 372 g/mol. The summed E-state index contributed by atoms with van der Waals surface area (Å²) in [6.45, 7) is 2.22. The first kappa shape index (κ1) is 18.4. The zero-order chi connectivity index (χ0) is 19.1. The number of aromatic nitrogens is 2. The summed E-state index contributed by atoms with van der Waals surface area (Å²) in [7, 11) is 3.72. The molecule has 3 aromatic rings. The van der Waals surface area contributed by atoms with E-state index in [1.807, 2.05) is 57.2 Å². The number of hydrogen-bond acceptors (Lipinski definition) is 4. The molecular formula is C19H24N4O2S. The van der Waals surface area contributed by atoms with Crippen LogP contribution in [-0.4, -0.2) is 43.6 Å². The van der Waals surface area contributed by atoms with Gasteiger partial charge in [0.2, 0.25) is 10.0 Å². The highest BCUT2D eigenvalue weighted by Crippen LogP contribution is 2.31. The van der Waals surface area contributed by atoms with E-state index in [-0.39, 0.29) is 6.54 Å². The Bertz CT molecular complexity index is 1050. The third-order valence-corrected chi connectivity index (χ3v) is 6.62. The molecule has 0 radical (unpaired) electrons. The van der Waals surface area contributed by atoms with Crippen LogP contribution >= 0.6 is 0 Å². The molecule has 138 valence electrons. The summed E-state index contributed by atoms with van der Waals surface area (Å²) in [6.07, 6.45) is 1.72. The predicted molar refractivity (Wildman–Crippen MR) is 105 cm³/mol. The molecule has 0 amide bonds. The minimum atomic E-state index is -3.64. The first-order chi connectivity index (χ1) is 12.2. The van der Waals surface area contributed by atoms with Crippen LogP contribution in [0.2, 0.25) is 0 Å². The van der Waals surface area contributed by atoms with Crippen LogP contribution in [0.1, 0.15) is 11.3 Å². The topological polar surface area (TPSA) is 58.4 Å². The first-order valence-corrected chi connectivity index (χ1v) is 9.80. The van der Waals surface area contributed by atoms with Crippen LogP contribution in [0.25, 0.3) is 10.8 Å². The summed E-state index contributed by atoms with van der Waals surface area (Å²) in [4.78, 5) is 2.31. The standard InChI is InChI=1S/C19H24N4O2S/c1-14-15(12-20-23(14)5)13-22(4)26(24,25)19-11-7-8-16-17(19)9-6-10-18(16)21(2)3/h6-12H,13H2,1-5H3. The van der Waals surface area contributed by atoms with Crippen LogP contribution in [0, 0.1) is 6.92 Å². The van der Waals surface area contributed by atoms with Crippen molar-refractivity contribution >= 4 is 26.5 Å². The molecule has 0 saturated heterocycles. The summed E-state index contributed by atoms with van der Waals surface area (Å²) in [5.41, 5.74) is 2.85. The van der Waals surface area contributed by atoms with Gasteiger partial charge in [-0.3, -0.25) is 4.68 Å². The average molecular weight is 372 g/mol. The molecule has 0 bridgehead atoms. The molecule has 0 aliphatic carbocycles. The van der Waals surface area contributed by atoms with Crippen LogP contribution in [0.4, 0.5) is 5.69 Å². The quantitative estimate of drug-likeness (QED) is 0.691. The molecule has 0 saturated carbocycles. The lowest BCUT2D eigenvalue weighted by atomic mass is 10.1.